The van der Waals surface area contributed by atoms with Crippen molar-refractivity contribution in [3.05, 3.63) is 40.3 Å². The monoisotopic (exact) mass is 359 g/mol. The molecule has 0 fully saturated rings. The molecule has 0 aromatic carbocycles. The molecule has 0 aliphatic carbocycles. The number of nitrogens with zero attached hydrogens (tertiary/aromatic N) is 2. The largest absolute Gasteiger partial charge is 0.355 e. The molecule has 0 bridgehead atoms. The van der Waals surface area contributed by atoms with Gasteiger partial charge in [-0.1, -0.05) is 11.8 Å². The van der Waals surface area contributed by atoms with Crippen LogP contribution in [0.25, 0.3) is 10.2 Å². The Morgan fingerprint density at radius 1 is 1.29 bits per heavy atom. The zero-order valence-electron chi connectivity index (χ0n) is 13.8. The summed E-state index contributed by atoms with van der Waals surface area (Å²) < 4.78 is 0. The van der Waals surface area contributed by atoms with E-state index in [0.717, 1.165) is 26.5 Å². The van der Waals surface area contributed by atoms with E-state index in [9.17, 15) is 9.59 Å². The maximum Gasteiger partial charge on any atom is 0.192 e. The summed E-state index contributed by atoms with van der Waals surface area (Å²) in [4.78, 5) is 37.1. The summed E-state index contributed by atoms with van der Waals surface area (Å²) in [5, 5.41) is 3.42. The molecule has 3 aromatic rings. The lowest BCUT2D eigenvalue weighted by Crippen LogP contribution is -2.15. The molecule has 124 valence electrons. The molecule has 0 unspecified atom stereocenters. The van der Waals surface area contributed by atoms with Crippen molar-refractivity contribution in [2.45, 2.75) is 38.0 Å². The number of H-pyrrole nitrogens is 1. The molecular formula is C17H17N3O2S2. The first-order valence-corrected chi connectivity index (χ1v) is 9.25. The molecule has 0 saturated carbocycles. The Morgan fingerprint density at radius 3 is 2.71 bits per heavy atom. The number of fused-ring (bicyclic) bond motifs is 1. The summed E-state index contributed by atoms with van der Waals surface area (Å²) in [5.74, 6) is -0.0634. The van der Waals surface area contributed by atoms with Crippen LogP contribution in [0, 0.1) is 13.8 Å². The van der Waals surface area contributed by atoms with Gasteiger partial charge in [-0.05, 0) is 44.7 Å². The number of ketones is 2. The Hall–Kier alpha value is -1.99. The van der Waals surface area contributed by atoms with Crippen LogP contribution in [-0.2, 0) is 0 Å². The molecule has 0 aliphatic rings. The predicted octanol–water partition coefficient (Wildman–Crippen LogP) is 4.20. The molecule has 0 saturated heterocycles. The Morgan fingerprint density at radius 2 is 2.04 bits per heavy atom. The van der Waals surface area contributed by atoms with Gasteiger partial charge in [-0.2, -0.15) is 0 Å². The summed E-state index contributed by atoms with van der Waals surface area (Å²) >= 11 is 2.97. The highest BCUT2D eigenvalue weighted by atomic mass is 32.2. The molecular weight excluding hydrogens is 342 g/mol. The lowest BCUT2D eigenvalue weighted by Gasteiger charge is -2.10. The van der Waals surface area contributed by atoms with E-state index in [0.29, 0.717) is 11.3 Å². The van der Waals surface area contributed by atoms with Crippen molar-refractivity contribution >= 4 is 44.9 Å². The van der Waals surface area contributed by atoms with Gasteiger partial charge in [-0.25, -0.2) is 9.97 Å². The number of rotatable bonds is 5. The molecule has 0 amide bonds. The first kappa shape index (κ1) is 16.9. The fourth-order valence-electron chi connectivity index (χ4n) is 2.81. The van der Waals surface area contributed by atoms with Gasteiger partial charge < -0.3 is 4.98 Å². The maximum absolute atomic E-state index is 12.8. The van der Waals surface area contributed by atoms with E-state index in [1.165, 1.54) is 25.0 Å². The van der Waals surface area contributed by atoms with Crippen LogP contribution in [0.5, 0.6) is 0 Å². The highest BCUT2D eigenvalue weighted by molar-refractivity contribution is 8.00. The minimum absolute atomic E-state index is 0.0311. The summed E-state index contributed by atoms with van der Waals surface area (Å²) in [6, 6.07) is 1.97. The van der Waals surface area contributed by atoms with Crippen LogP contribution < -0.4 is 0 Å². The molecule has 0 aliphatic heterocycles. The third-order valence-corrected chi connectivity index (χ3v) is 5.86. The van der Waals surface area contributed by atoms with Gasteiger partial charge in [0.1, 0.15) is 16.2 Å². The number of hydrogen-bond acceptors (Lipinski definition) is 6. The number of carbonyl (C=O) groups is 2. The van der Waals surface area contributed by atoms with Crippen LogP contribution >= 0.6 is 23.1 Å². The number of aromatic nitrogens is 3. The van der Waals surface area contributed by atoms with E-state index in [1.54, 1.807) is 11.3 Å². The van der Waals surface area contributed by atoms with Crippen molar-refractivity contribution in [3.63, 3.8) is 0 Å². The summed E-state index contributed by atoms with van der Waals surface area (Å²) in [6.45, 7) is 7.00. The first-order valence-electron chi connectivity index (χ1n) is 7.49. The first-order chi connectivity index (χ1) is 11.4. The SMILES string of the molecule is CC(=O)c1c(C)[nH]c(C(=O)[C@H](C)Sc2ncnc3sccc23)c1C. The van der Waals surface area contributed by atoms with E-state index < -0.39 is 0 Å². The van der Waals surface area contributed by atoms with E-state index >= 15 is 0 Å². The van der Waals surface area contributed by atoms with Crippen molar-refractivity contribution in [2.24, 2.45) is 0 Å². The highest BCUT2D eigenvalue weighted by Gasteiger charge is 2.25. The molecule has 1 atom stereocenters. The lowest BCUT2D eigenvalue weighted by molar-refractivity contribution is 0.0988. The third kappa shape index (κ3) is 2.89. The third-order valence-electron chi connectivity index (χ3n) is 3.92. The maximum atomic E-state index is 12.8. The number of thiophene rings is 1. The number of aromatic amines is 1. The van der Waals surface area contributed by atoms with Crippen LogP contribution in [0.1, 0.15) is 46.0 Å². The fourth-order valence-corrected chi connectivity index (χ4v) is 4.57. The molecule has 3 rings (SSSR count). The Balaban J connectivity index is 1.89. The molecule has 0 spiro atoms. The highest BCUT2D eigenvalue weighted by Crippen LogP contribution is 2.32. The normalized spacial score (nSPS) is 12.5. The number of hydrogen-bond donors (Lipinski definition) is 1. The zero-order chi connectivity index (χ0) is 17.4. The quantitative estimate of drug-likeness (QED) is 0.420. The van der Waals surface area contributed by atoms with E-state index in [4.69, 9.17) is 0 Å². The van der Waals surface area contributed by atoms with Gasteiger partial charge in [-0.3, -0.25) is 9.59 Å². The number of aryl methyl sites for hydroxylation is 1. The fraction of sp³-hybridized carbons (Fsp3) is 0.294. The van der Waals surface area contributed by atoms with E-state index in [-0.39, 0.29) is 16.8 Å². The Bertz CT molecular complexity index is 943. The van der Waals surface area contributed by atoms with E-state index in [1.807, 2.05) is 32.2 Å². The van der Waals surface area contributed by atoms with Gasteiger partial charge in [-0.15, -0.1) is 11.3 Å². The summed E-state index contributed by atoms with van der Waals surface area (Å²) in [7, 11) is 0. The second-order valence-electron chi connectivity index (χ2n) is 5.62. The van der Waals surface area contributed by atoms with Crippen molar-refractivity contribution < 1.29 is 9.59 Å². The molecule has 0 radical (unpaired) electrons. The average Bonchev–Trinajstić information content (AvgIpc) is 3.11. The van der Waals surface area contributed by atoms with Crippen molar-refractivity contribution in [1.82, 2.24) is 15.0 Å². The van der Waals surface area contributed by atoms with Crippen LogP contribution in [-0.4, -0.2) is 31.8 Å². The Kier molecular flexibility index (Phi) is 4.56. The predicted molar refractivity (Wildman–Crippen MR) is 97.3 cm³/mol. The summed E-state index contributed by atoms with van der Waals surface area (Å²) in [6.07, 6.45) is 1.52. The van der Waals surface area contributed by atoms with Gasteiger partial charge in [0.05, 0.1) is 10.9 Å². The smallest absolute Gasteiger partial charge is 0.192 e. The number of Topliss-reactive ketones (excluding diaryl/α,β-unsaturated/α-hetero) is 2. The van der Waals surface area contributed by atoms with Gasteiger partial charge in [0.15, 0.2) is 11.6 Å². The second kappa shape index (κ2) is 6.49. The lowest BCUT2D eigenvalue weighted by atomic mass is 10.0. The standard InChI is InChI=1S/C17H17N3O2S2/c1-8-13(10(3)21)9(2)20-14(8)15(22)11(4)24-17-12-5-6-23-16(12)18-7-19-17/h5-7,11,20H,1-4H3/t11-/m0/s1. The Labute approximate surface area is 147 Å². The van der Waals surface area contributed by atoms with Crippen molar-refractivity contribution in [1.29, 1.82) is 0 Å². The van der Waals surface area contributed by atoms with Crippen molar-refractivity contribution in [3.8, 4) is 0 Å². The zero-order valence-corrected chi connectivity index (χ0v) is 15.5. The summed E-state index contributed by atoms with van der Waals surface area (Å²) in [5.41, 5.74) is 2.58. The molecule has 24 heavy (non-hydrogen) atoms. The molecule has 1 N–H and O–H groups in total. The number of nitrogens with one attached hydrogen (secondary N) is 1. The second-order valence-corrected chi connectivity index (χ2v) is 7.85. The van der Waals surface area contributed by atoms with Gasteiger partial charge >= 0.3 is 0 Å². The van der Waals surface area contributed by atoms with Gasteiger partial charge in [0, 0.05) is 16.6 Å². The van der Waals surface area contributed by atoms with Crippen molar-refractivity contribution in [2.75, 3.05) is 0 Å². The minimum atomic E-state index is -0.320. The minimum Gasteiger partial charge on any atom is -0.355 e. The number of carbonyl (C=O) groups excluding carboxylic acids is 2. The van der Waals surface area contributed by atoms with Gasteiger partial charge in [0.2, 0.25) is 0 Å². The van der Waals surface area contributed by atoms with Crippen LogP contribution in [0.15, 0.2) is 22.8 Å². The van der Waals surface area contributed by atoms with E-state index in [2.05, 4.69) is 15.0 Å². The molecule has 3 aromatic heterocycles. The van der Waals surface area contributed by atoms with Crippen LogP contribution in [0.2, 0.25) is 0 Å². The average molecular weight is 359 g/mol. The number of thioether (sulfide) groups is 1. The topological polar surface area (TPSA) is 75.7 Å². The van der Waals surface area contributed by atoms with Crippen LogP contribution in [0.4, 0.5) is 0 Å². The van der Waals surface area contributed by atoms with Gasteiger partial charge in [0.25, 0.3) is 0 Å². The molecule has 5 nitrogen and oxygen atoms in total. The molecule has 3 heterocycles. The molecule has 7 heteroatoms. The van der Waals surface area contributed by atoms with Crippen LogP contribution in [0.3, 0.4) is 0 Å².